The van der Waals surface area contributed by atoms with Gasteiger partial charge in [0.15, 0.2) is 0 Å². The predicted molar refractivity (Wildman–Crippen MR) is 71.3 cm³/mol. The fraction of sp³-hybridized carbons (Fsp3) is 0.500. The number of para-hydroxylation sites is 2. The van der Waals surface area contributed by atoms with Crippen LogP contribution in [0.1, 0.15) is 39.0 Å². The molecule has 2 aromatic rings. The van der Waals surface area contributed by atoms with Crippen molar-refractivity contribution in [3.8, 4) is 0 Å². The van der Waals surface area contributed by atoms with Gasteiger partial charge in [-0.05, 0) is 18.6 Å². The van der Waals surface area contributed by atoms with Gasteiger partial charge >= 0.3 is 5.69 Å². The van der Waals surface area contributed by atoms with Gasteiger partial charge in [0.05, 0.1) is 11.0 Å². The summed E-state index contributed by atoms with van der Waals surface area (Å²) in [5.74, 6) is 0. The molecule has 92 valence electrons. The second kappa shape index (κ2) is 5.71. The third kappa shape index (κ3) is 2.78. The number of nitrogens with zero attached hydrogens (tertiary/aromatic N) is 1. The minimum Gasteiger partial charge on any atom is -0.306 e. The third-order valence-electron chi connectivity index (χ3n) is 3.17. The molecule has 1 N–H and O–H groups in total. The first kappa shape index (κ1) is 12.0. The number of aromatic nitrogens is 2. The van der Waals surface area contributed by atoms with Gasteiger partial charge in [-0.2, -0.15) is 0 Å². The van der Waals surface area contributed by atoms with Crippen molar-refractivity contribution >= 4 is 11.0 Å². The molecule has 3 nitrogen and oxygen atoms in total. The highest BCUT2D eigenvalue weighted by Crippen LogP contribution is 2.10. The standard InChI is InChI=1S/C14H20N2O/c1-2-3-4-5-8-11-16-13-10-7-6-9-12(13)15-14(16)17/h6-7,9-10H,2-5,8,11H2,1H3,(H,15,17). The molecule has 0 atom stereocenters. The number of aromatic amines is 1. The Hall–Kier alpha value is -1.51. The Kier molecular flexibility index (Phi) is 4.02. The Morgan fingerprint density at radius 1 is 1.12 bits per heavy atom. The summed E-state index contributed by atoms with van der Waals surface area (Å²) in [6.45, 7) is 3.04. The van der Waals surface area contributed by atoms with Crippen LogP contribution < -0.4 is 5.69 Å². The average Bonchev–Trinajstić information content (AvgIpc) is 2.65. The van der Waals surface area contributed by atoms with E-state index in [0.29, 0.717) is 0 Å². The van der Waals surface area contributed by atoms with Gasteiger partial charge in [-0.1, -0.05) is 44.7 Å². The molecule has 0 amide bonds. The summed E-state index contributed by atoms with van der Waals surface area (Å²) in [6, 6.07) is 7.87. The molecule has 0 bridgehead atoms. The molecule has 0 aliphatic heterocycles. The Balaban J connectivity index is 2.03. The van der Waals surface area contributed by atoms with Gasteiger partial charge in [0, 0.05) is 6.54 Å². The largest absolute Gasteiger partial charge is 0.326 e. The average molecular weight is 232 g/mol. The topological polar surface area (TPSA) is 37.8 Å². The molecule has 17 heavy (non-hydrogen) atoms. The smallest absolute Gasteiger partial charge is 0.306 e. The molecule has 0 unspecified atom stereocenters. The highest BCUT2D eigenvalue weighted by Gasteiger charge is 2.04. The maximum absolute atomic E-state index is 11.8. The molecule has 1 aromatic carbocycles. The molecular weight excluding hydrogens is 212 g/mol. The van der Waals surface area contributed by atoms with E-state index in [1.807, 2.05) is 28.8 Å². The van der Waals surface area contributed by atoms with Crippen LogP contribution >= 0.6 is 0 Å². The van der Waals surface area contributed by atoms with Crippen LogP contribution in [0.2, 0.25) is 0 Å². The van der Waals surface area contributed by atoms with Gasteiger partial charge in [0.1, 0.15) is 0 Å². The lowest BCUT2D eigenvalue weighted by Crippen LogP contribution is -2.16. The van der Waals surface area contributed by atoms with Gasteiger partial charge in [-0.3, -0.25) is 4.57 Å². The molecular formula is C14H20N2O. The van der Waals surface area contributed by atoms with Crippen molar-refractivity contribution < 1.29 is 0 Å². The summed E-state index contributed by atoms with van der Waals surface area (Å²) in [5.41, 5.74) is 1.97. The zero-order chi connectivity index (χ0) is 12.1. The van der Waals surface area contributed by atoms with E-state index in [9.17, 15) is 4.79 Å². The molecule has 0 saturated heterocycles. The fourth-order valence-corrected chi connectivity index (χ4v) is 2.20. The van der Waals surface area contributed by atoms with Crippen LogP contribution in [0.3, 0.4) is 0 Å². The number of imidazole rings is 1. The molecule has 2 rings (SSSR count). The number of H-pyrrole nitrogens is 1. The van der Waals surface area contributed by atoms with E-state index < -0.39 is 0 Å². The number of hydrogen-bond acceptors (Lipinski definition) is 1. The zero-order valence-corrected chi connectivity index (χ0v) is 10.4. The number of hydrogen-bond donors (Lipinski definition) is 1. The number of unbranched alkanes of at least 4 members (excludes halogenated alkanes) is 4. The first-order valence-electron chi connectivity index (χ1n) is 6.50. The van der Waals surface area contributed by atoms with E-state index in [1.54, 1.807) is 0 Å². The Bertz CT molecular complexity index is 524. The normalized spacial score (nSPS) is 11.1. The van der Waals surface area contributed by atoms with Crippen molar-refractivity contribution in [2.75, 3.05) is 0 Å². The lowest BCUT2D eigenvalue weighted by Gasteiger charge is -2.03. The van der Waals surface area contributed by atoms with E-state index in [-0.39, 0.29) is 5.69 Å². The van der Waals surface area contributed by atoms with Crippen molar-refractivity contribution in [1.29, 1.82) is 0 Å². The molecule has 0 aliphatic carbocycles. The molecule has 1 aromatic heterocycles. The summed E-state index contributed by atoms with van der Waals surface area (Å²) in [4.78, 5) is 14.7. The van der Waals surface area contributed by atoms with Gasteiger partial charge in [-0.15, -0.1) is 0 Å². The summed E-state index contributed by atoms with van der Waals surface area (Å²) in [5, 5.41) is 0. The molecule has 0 radical (unpaired) electrons. The third-order valence-corrected chi connectivity index (χ3v) is 3.17. The van der Waals surface area contributed by atoms with Crippen LogP contribution in [0.5, 0.6) is 0 Å². The maximum atomic E-state index is 11.8. The summed E-state index contributed by atoms with van der Waals surface area (Å²) >= 11 is 0. The predicted octanol–water partition coefficient (Wildman–Crippen LogP) is 3.30. The van der Waals surface area contributed by atoms with E-state index in [4.69, 9.17) is 0 Å². The number of fused-ring (bicyclic) bond motifs is 1. The number of nitrogens with one attached hydrogen (secondary N) is 1. The number of aryl methyl sites for hydroxylation is 1. The number of rotatable bonds is 6. The minimum absolute atomic E-state index is 0.0155. The van der Waals surface area contributed by atoms with Crippen LogP contribution in [-0.4, -0.2) is 9.55 Å². The fourth-order valence-electron chi connectivity index (χ4n) is 2.20. The molecule has 1 heterocycles. The van der Waals surface area contributed by atoms with Crippen LogP contribution in [-0.2, 0) is 6.54 Å². The Morgan fingerprint density at radius 2 is 1.88 bits per heavy atom. The van der Waals surface area contributed by atoms with Gasteiger partial charge in [0.2, 0.25) is 0 Å². The van der Waals surface area contributed by atoms with Crippen molar-refractivity contribution in [1.82, 2.24) is 9.55 Å². The highest BCUT2D eigenvalue weighted by molar-refractivity contribution is 5.74. The maximum Gasteiger partial charge on any atom is 0.326 e. The molecule has 0 saturated carbocycles. The number of benzene rings is 1. The molecule has 0 fully saturated rings. The van der Waals surface area contributed by atoms with E-state index in [2.05, 4.69) is 11.9 Å². The van der Waals surface area contributed by atoms with Crippen LogP contribution in [0, 0.1) is 0 Å². The Labute approximate surface area is 101 Å². The first-order chi connectivity index (χ1) is 8.33. The van der Waals surface area contributed by atoms with Crippen LogP contribution in [0.4, 0.5) is 0 Å². The van der Waals surface area contributed by atoms with Crippen molar-refractivity contribution in [3.63, 3.8) is 0 Å². The van der Waals surface area contributed by atoms with Crippen molar-refractivity contribution in [2.24, 2.45) is 0 Å². The van der Waals surface area contributed by atoms with E-state index in [1.165, 1.54) is 25.7 Å². The van der Waals surface area contributed by atoms with Crippen molar-refractivity contribution in [2.45, 2.75) is 45.6 Å². The second-order valence-corrected chi connectivity index (χ2v) is 4.51. The molecule has 3 heteroatoms. The van der Waals surface area contributed by atoms with Crippen LogP contribution in [0.15, 0.2) is 29.1 Å². The lowest BCUT2D eigenvalue weighted by molar-refractivity contribution is 0.567. The second-order valence-electron chi connectivity index (χ2n) is 4.51. The van der Waals surface area contributed by atoms with Crippen molar-refractivity contribution in [3.05, 3.63) is 34.7 Å². The highest BCUT2D eigenvalue weighted by atomic mass is 16.1. The van der Waals surface area contributed by atoms with E-state index >= 15 is 0 Å². The van der Waals surface area contributed by atoms with Crippen LogP contribution in [0.25, 0.3) is 11.0 Å². The Morgan fingerprint density at radius 3 is 2.71 bits per heavy atom. The first-order valence-corrected chi connectivity index (χ1v) is 6.50. The SMILES string of the molecule is CCCCCCCn1c(=O)[nH]c2ccccc21. The lowest BCUT2D eigenvalue weighted by atomic mass is 10.1. The summed E-state index contributed by atoms with van der Waals surface area (Å²) in [7, 11) is 0. The van der Waals surface area contributed by atoms with Gasteiger partial charge < -0.3 is 4.98 Å². The zero-order valence-electron chi connectivity index (χ0n) is 10.4. The molecule has 0 spiro atoms. The van der Waals surface area contributed by atoms with Gasteiger partial charge in [-0.25, -0.2) is 4.79 Å². The van der Waals surface area contributed by atoms with E-state index in [0.717, 1.165) is 24.0 Å². The van der Waals surface area contributed by atoms with Gasteiger partial charge in [0.25, 0.3) is 0 Å². The monoisotopic (exact) mass is 232 g/mol. The summed E-state index contributed by atoms with van der Waals surface area (Å²) in [6.07, 6.45) is 6.12. The minimum atomic E-state index is 0.0155. The quantitative estimate of drug-likeness (QED) is 0.762. The molecule has 0 aliphatic rings. The summed E-state index contributed by atoms with van der Waals surface area (Å²) < 4.78 is 1.85.